The molecule has 0 aliphatic carbocycles. The zero-order valence-corrected chi connectivity index (χ0v) is 16.5. The van der Waals surface area contributed by atoms with E-state index < -0.39 is 0 Å². The topological polar surface area (TPSA) is 74.8 Å². The molecule has 1 aliphatic heterocycles. The molecule has 2 amide bonds. The second-order valence-electron chi connectivity index (χ2n) is 6.31. The molecular formula is C20H24N4O3S. The smallest absolute Gasteiger partial charge is 0.252 e. The van der Waals surface area contributed by atoms with Crippen LogP contribution in [-0.4, -0.2) is 67.6 Å². The molecule has 1 aromatic carbocycles. The fraction of sp³-hybridized carbons (Fsp3) is 0.350. The Morgan fingerprint density at radius 2 is 2.04 bits per heavy atom. The van der Waals surface area contributed by atoms with E-state index in [-0.39, 0.29) is 18.4 Å². The summed E-state index contributed by atoms with van der Waals surface area (Å²) in [5.41, 5.74) is 1.74. The molecule has 1 saturated heterocycles. The van der Waals surface area contributed by atoms with E-state index in [9.17, 15) is 9.59 Å². The first-order valence-electron chi connectivity index (χ1n) is 9.19. The lowest BCUT2D eigenvalue weighted by Gasteiger charge is -2.26. The van der Waals surface area contributed by atoms with Gasteiger partial charge in [-0.2, -0.15) is 0 Å². The average Bonchev–Trinajstić information content (AvgIpc) is 3.23. The molecule has 2 aromatic rings. The first-order chi connectivity index (χ1) is 13.7. The van der Waals surface area contributed by atoms with Gasteiger partial charge >= 0.3 is 0 Å². The maximum atomic E-state index is 12.4. The molecule has 3 rings (SSSR count). The van der Waals surface area contributed by atoms with Crippen molar-refractivity contribution in [3.8, 4) is 11.3 Å². The minimum Gasteiger partial charge on any atom is -0.379 e. The lowest BCUT2D eigenvalue weighted by Crippen LogP contribution is -2.44. The molecule has 0 spiro atoms. The third-order valence-corrected chi connectivity index (χ3v) is 5.25. The summed E-state index contributed by atoms with van der Waals surface area (Å²) in [5, 5.41) is 5.23. The normalized spacial score (nSPS) is 14.4. The zero-order valence-electron chi connectivity index (χ0n) is 15.7. The van der Waals surface area contributed by atoms with E-state index in [4.69, 9.17) is 4.74 Å². The van der Waals surface area contributed by atoms with Crippen molar-refractivity contribution < 1.29 is 14.3 Å². The summed E-state index contributed by atoms with van der Waals surface area (Å²) < 4.78 is 5.31. The molecule has 1 aliphatic rings. The SMILES string of the molecule is C=CC(=O)N(CC(=O)NCCN1CCOCC1)c1nc(-c2ccccc2)cs1. The van der Waals surface area contributed by atoms with Crippen LogP contribution in [-0.2, 0) is 14.3 Å². The van der Waals surface area contributed by atoms with Crippen LogP contribution in [0.3, 0.4) is 0 Å². The molecule has 8 heteroatoms. The van der Waals surface area contributed by atoms with Gasteiger partial charge in [-0.05, 0) is 6.08 Å². The summed E-state index contributed by atoms with van der Waals surface area (Å²) in [4.78, 5) is 32.8. The third kappa shape index (κ3) is 5.48. The van der Waals surface area contributed by atoms with Crippen molar-refractivity contribution in [3.63, 3.8) is 0 Å². The molecule has 2 heterocycles. The first kappa shape index (κ1) is 20.2. The second kappa shape index (κ2) is 10.1. The molecule has 28 heavy (non-hydrogen) atoms. The fourth-order valence-corrected chi connectivity index (χ4v) is 3.70. The quantitative estimate of drug-likeness (QED) is 0.684. The fourth-order valence-electron chi connectivity index (χ4n) is 2.86. The summed E-state index contributed by atoms with van der Waals surface area (Å²) in [6.45, 7) is 7.94. The Labute approximate surface area is 168 Å². The van der Waals surface area contributed by atoms with Crippen LogP contribution in [0.1, 0.15) is 0 Å². The number of morpholine rings is 1. The number of anilines is 1. The van der Waals surface area contributed by atoms with Crippen LogP contribution in [0.4, 0.5) is 5.13 Å². The highest BCUT2D eigenvalue weighted by Crippen LogP contribution is 2.27. The van der Waals surface area contributed by atoms with Gasteiger partial charge in [-0.25, -0.2) is 4.98 Å². The molecule has 0 unspecified atom stereocenters. The Kier molecular flexibility index (Phi) is 7.30. The molecule has 1 aromatic heterocycles. The highest BCUT2D eigenvalue weighted by atomic mass is 32.1. The summed E-state index contributed by atoms with van der Waals surface area (Å²) >= 11 is 1.33. The number of amides is 2. The van der Waals surface area contributed by atoms with Crippen molar-refractivity contribution in [2.75, 3.05) is 50.8 Å². The van der Waals surface area contributed by atoms with Gasteiger partial charge in [-0.1, -0.05) is 36.9 Å². The Morgan fingerprint density at radius 1 is 1.29 bits per heavy atom. The van der Waals surface area contributed by atoms with Gasteiger partial charge < -0.3 is 10.1 Å². The van der Waals surface area contributed by atoms with Gasteiger partial charge in [0, 0.05) is 37.1 Å². The number of nitrogens with one attached hydrogen (secondary N) is 1. The highest BCUT2D eigenvalue weighted by Gasteiger charge is 2.20. The molecular weight excluding hydrogens is 376 g/mol. The minimum atomic E-state index is -0.350. The maximum absolute atomic E-state index is 12.4. The number of rotatable bonds is 8. The number of hydrogen-bond donors (Lipinski definition) is 1. The molecule has 0 atom stereocenters. The Hall–Kier alpha value is -2.55. The Balaban J connectivity index is 1.59. The van der Waals surface area contributed by atoms with E-state index in [0.29, 0.717) is 11.7 Å². The van der Waals surface area contributed by atoms with E-state index in [0.717, 1.165) is 44.1 Å². The van der Waals surface area contributed by atoms with Crippen LogP contribution < -0.4 is 10.2 Å². The maximum Gasteiger partial charge on any atom is 0.252 e. The number of nitrogens with zero attached hydrogens (tertiary/aromatic N) is 3. The van der Waals surface area contributed by atoms with Crippen molar-refractivity contribution in [2.45, 2.75) is 0 Å². The monoisotopic (exact) mass is 400 g/mol. The molecule has 1 fully saturated rings. The number of carbonyl (C=O) groups is 2. The molecule has 0 radical (unpaired) electrons. The van der Waals surface area contributed by atoms with Crippen molar-refractivity contribution in [1.82, 2.24) is 15.2 Å². The summed E-state index contributed by atoms with van der Waals surface area (Å²) in [6.07, 6.45) is 1.20. The number of benzene rings is 1. The summed E-state index contributed by atoms with van der Waals surface area (Å²) in [5.74, 6) is -0.572. The summed E-state index contributed by atoms with van der Waals surface area (Å²) in [7, 11) is 0. The predicted molar refractivity (Wildman–Crippen MR) is 110 cm³/mol. The van der Waals surface area contributed by atoms with Gasteiger partial charge in [-0.3, -0.25) is 19.4 Å². The first-order valence-corrected chi connectivity index (χ1v) is 10.1. The number of ether oxygens (including phenoxy) is 1. The second-order valence-corrected chi connectivity index (χ2v) is 7.15. The van der Waals surface area contributed by atoms with Gasteiger partial charge in [0.2, 0.25) is 5.91 Å². The van der Waals surface area contributed by atoms with Gasteiger partial charge in [0.1, 0.15) is 6.54 Å². The van der Waals surface area contributed by atoms with Gasteiger partial charge in [0.15, 0.2) is 5.13 Å². The number of thiazole rings is 1. The van der Waals surface area contributed by atoms with Gasteiger partial charge in [0.05, 0.1) is 18.9 Å². The van der Waals surface area contributed by atoms with E-state index in [1.54, 1.807) is 0 Å². The van der Waals surface area contributed by atoms with Crippen molar-refractivity contribution in [3.05, 3.63) is 48.4 Å². The van der Waals surface area contributed by atoms with Crippen LogP contribution in [0.2, 0.25) is 0 Å². The third-order valence-electron chi connectivity index (χ3n) is 4.39. The number of carbonyl (C=O) groups excluding carboxylic acids is 2. The standard InChI is InChI=1S/C20H24N4O3S/c1-2-19(26)24(14-18(25)21-8-9-23-10-12-27-13-11-23)20-22-17(15-28-20)16-6-4-3-5-7-16/h2-7,15H,1,8-14H2,(H,21,25). The largest absolute Gasteiger partial charge is 0.379 e. The van der Waals surface area contributed by atoms with Crippen LogP contribution in [0, 0.1) is 0 Å². The van der Waals surface area contributed by atoms with Gasteiger partial charge in [-0.15, -0.1) is 11.3 Å². The van der Waals surface area contributed by atoms with E-state index in [1.807, 2.05) is 35.7 Å². The highest BCUT2D eigenvalue weighted by molar-refractivity contribution is 7.14. The van der Waals surface area contributed by atoms with E-state index in [2.05, 4.69) is 21.8 Å². The van der Waals surface area contributed by atoms with Crippen molar-refractivity contribution >= 4 is 28.3 Å². The molecule has 0 saturated carbocycles. The number of hydrogen-bond acceptors (Lipinski definition) is 6. The van der Waals surface area contributed by atoms with Gasteiger partial charge in [0.25, 0.3) is 5.91 Å². The molecule has 0 bridgehead atoms. The molecule has 7 nitrogen and oxygen atoms in total. The van der Waals surface area contributed by atoms with Crippen LogP contribution >= 0.6 is 11.3 Å². The predicted octanol–water partition coefficient (Wildman–Crippen LogP) is 1.78. The zero-order chi connectivity index (χ0) is 19.8. The van der Waals surface area contributed by atoms with E-state index in [1.165, 1.54) is 22.3 Å². The van der Waals surface area contributed by atoms with Crippen molar-refractivity contribution in [1.29, 1.82) is 0 Å². The Bertz CT molecular complexity index is 803. The number of aromatic nitrogens is 1. The lowest BCUT2D eigenvalue weighted by atomic mass is 10.2. The average molecular weight is 401 g/mol. The van der Waals surface area contributed by atoms with Crippen LogP contribution in [0.5, 0.6) is 0 Å². The van der Waals surface area contributed by atoms with Crippen LogP contribution in [0.25, 0.3) is 11.3 Å². The van der Waals surface area contributed by atoms with Crippen LogP contribution in [0.15, 0.2) is 48.4 Å². The minimum absolute atomic E-state index is 0.0876. The summed E-state index contributed by atoms with van der Waals surface area (Å²) in [6, 6.07) is 9.71. The molecule has 148 valence electrons. The molecule has 1 N–H and O–H groups in total. The Morgan fingerprint density at radius 3 is 2.75 bits per heavy atom. The van der Waals surface area contributed by atoms with Crippen molar-refractivity contribution in [2.24, 2.45) is 0 Å². The van der Waals surface area contributed by atoms with E-state index >= 15 is 0 Å². The lowest BCUT2D eigenvalue weighted by molar-refractivity contribution is -0.122.